The van der Waals surface area contributed by atoms with Crippen LogP contribution in [0.15, 0.2) is 18.2 Å². The fourth-order valence-electron chi connectivity index (χ4n) is 2.94. The highest BCUT2D eigenvalue weighted by molar-refractivity contribution is 5.72. The van der Waals surface area contributed by atoms with E-state index in [0.717, 1.165) is 37.7 Å². The van der Waals surface area contributed by atoms with E-state index < -0.39 is 0 Å². The maximum atomic E-state index is 11.5. The van der Waals surface area contributed by atoms with Crippen LogP contribution in [0.5, 0.6) is 0 Å². The minimum atomic E-state index is -0.359. The van der Waals surface area contributed by atoms with E-state index in [2.05, 4.69) is 5.32 Å². The lowest BCUT2D eigenvalue weighted by atomic mass is 9.86. The molecule has 0 aromatic heterocycles. The molecular formula is C16H22N2O4. The van der Waals surface area contributed by atoms with E-state index >= 15 is 0 Å². The third-order valence-electron chi connectivity index (χ3n) is 4.29. The summed E-state index contributed by atoms with van der Waals surface area (Å²) in [6, 6.07) is 5.36. The minimum absolute atomic E-state index is 0.0417. The van der Waals surface area contributed by atoms with Gasteiger partial charge in [0.05, 0.1) is 18.0 Å². The van der Waals surface area contributed by atoms with Gasteiger partial charge in [-0.15, -0.1) is 0 Å². The van der Waals surface area contributed by atoms with Gasteiger partial charge in [0, 0.05) is 12.1 Å². The van der Waals surface area contributed by atoms with Gasteiger partial charge in [-0.2, -0.15) is 0 Å². The smallest absolute Gasteiger partial charge is 0.308 e. The molecule has 6 nitrogen and oxygen atoms in total. The molecule has 1 aliphatic carbocycles. The highest BCUT2D eigenvalue weighted by Gasteiger charge is 2.28. The maximum Gasteiger partial charge on any atom is 0.308 e. The molecular weight excluding hydrogens is 284 g/mol. The van der Waals surface area contributed by atoms with E-state index in [9.17, 15) is 14.9 Å². The third kappa shape index (κ3) is 3.75. The van der Waals surface area contributed by atoms with Gasteiger partial charge in [-0.05, 0) is 43.7 Å². The summed E-state index contributed by atoms with van der Waals surface area (Å²) in [5, 5.41) is 14.4. The first-order valence-corrected chi connectivity index (χ1v) is 7.66. The van der Waals surface area contributed by atoms with Crippen LogP contribution in [0.2, 0.25) is 0 Å². The van der Waals surface area contributed by atoms with Gasteiger partial charge in [-0.1, -0.05) is 13.0 Å². The zero-order valence-corrected chi connectivity index (χ0v) is 13.0. The summed E-state index contributed by atoms with van der Waals surface area (Å²) >= 11 is 0. The van der Waals surface area contributed by atoms with Crippen LogP contribution in [0.1, 0.15) is 38.2 Å². The van der Waals surface area contributed by atoms with E-state index in [1.807, 2.05) is 13.0 Å². The maximum absolute atomic E-state index is 11.5. The predicted octanol–water partition coefficient (Wildman–Crippen LogP) is 3.30. The highest BCUT2D eigenvalue weighted by atomic mass is 16.6. The Bertz CT molecular complexity index is 551. The van der Waals surface area contributed by atoms with E-state index in [1.165, 1.54) is 7.11 Å². The second-order valence-electron chi connectivity index (χ2n) is 5.68. The van der Waals surface area contributed by atoms with Crippen molar-refractivity contribution in [3.8, 4) is 0 Å². The lowest BCUT2D eigenvalue weighted by Gasteiger charge is -2.28. The molecule has 6 heteroatoms. The zero-order valence-electron chi connectivity index (χ0n) is 13.0. The van der Waals surface area contributed by atoms with E-state index in [1.54, 1.807) is 12.1 Å². The Hall–Kier alpha value is -2.11. The molecule has 0 unspecified atom stereocenters. The second-order valence-corrected chi connectivity index (χ2v) is 5.68. The molecule has 1 aliphatic rings. The highest BCUT2D eigenvalue weighted by Crippen LogP contribution is 2.31. The average Bonchev–Trinajstić information content (AvgIpc) is 2.54. The van der Waals surface area contributed by atoms with Gasteiger partial charge in [-0.3, -0.25) is 14.9 Å². The number of esters is 1. The van der Waals surface area contributed by atoms with Crippen LogP contribution < -0.4 is 5.32 Å². The van der Waals surface area contributed by atoms with Crippen molar-refractivity contribution in [1.82, 2.24) is 0 Å². The first-order chi connectivity index (χ1) is 10.5. The lowest BCUT2D eigenvalue weighted by molar-refractivity contribution is -0.384. The Morgan fingerprint density at radius 1 is 1.36 bits per heavy atom. The Morgan fingerprint density at radius 3 is 2.59 bits per heavy atom. The SMILES string of the molecule is CCc1ccc([N+](=O)[O-])c(N[C@H]2CC[C@@H](C(=O)OC)CC2)c1. The number of anilines is 1. The Morgan fingerprint density at radius 2 is 2.05 bits per heavy atom. The van der Waals surface area contributed by atoms with Crippen molar-refractivity contribution in [3.63, 3.8) is 0 Å². The number of nitro groups is 1. The van der Waals surface area contributed by atoms with Crippen molar-refractivity contribution >= 4 is 17.3 Å². The molecule has 22 heavy (non-hydrogen) atoms. The number of hydrogen-bond acceptors (Lipinski definition) is 5. The molecule has 1 aromatic carbocycles. The normalized spacial score (nSPS) is 21.2. The molecule has 0 atom stereocenters. The molecule has 0 radical (unpaired) electrons. The number of carbonyl (C=O) groups excluding carboxylic acids is 1. The number of benzene rings is 1. The number of nitro benzene ring substituents is 1. The summed E-state index contributed by atoms with van der Waals surface area (Å²) in [5.41, 5.74) is 1.74. The van der Waals surface area contributed by atoms with Gasteiger partial charge in [0.25, 0.3) is 5.69 Å². The second kappa shape index (κ2) is 7.24. The summed E-state index contributed by atoms with van der Waals surface area (Å²) in [5.74, 6) is -0.197. The summed E-state index contributed by atoms with van der Waals surface area (Å²) in [4.78, 5) is 22.3. The van der Waals surface area contributed by atoms with Crippen molar-refractivity contribution in [2.45, 2.75) is 45.1 Å². The van der Waals surface area contributed by atoms with Crippen LogP contribution in [0, 0.1) is 16.0 Å². The monoisotopic (exact) mass is 306 g/mol. The third-order valence-corrected chi connectivity index (χ3v) is 4.29. The molecule has 0 bridgehead atoms. The van der Waals surface area contributed by atoms with Gasteiger partial charge in [0.1, 0.15) is 5.69 Å². The molecule has 0 aliphatic heterocycles. The van der Waals surface area contributed by atoms with Crippen molar-refractivity contribution in [1.29, 1.82) is 0 Å². The van der Waals surface area contributed by atoms with E-state index in [0.29, 0.717) is 5.69 Å². The number of ether oxygens (including phenoxy) is 1. The van der Waals surface area contributed by atoms with Gasteiger partial charge < -0.3 is 10.1 Å². The molecule has 1 aromatic rings. The van der Waals surface area contributed by atoms with Crippen LogP contribution in [0.4, 0.5) is 11.4 Å². The van der Waals surface area contributed by atoms with Crippen LogP contribution in [0.25, 0.3) is 0 Å². The molecule has 1 N–H and O–H groups in total. The molecule has 0 amide bonds. The van der Waals surface area contributed by atoms with Crippen molar-refractivity contribution in [3.05, 3.63) is 33.9 Å². The topological polar surface area (TPSA) is 81.5 Å². The van der Waals surface area contributed by atoms with Crippen LogP contribution in [0.3, 0.4) is 0 Å². The zero-order chi connectivity index (χ0) is 16.1. The predicted molar refractivity (Wildman–Crippen MR) is 83.9 cm³/mol. The number of aryl methyl sites for hydroxylation is 1. The molecule has 0 saturated heterocycles. The molecule has 1 saturated carbocycles. The van der Waals surface area contributed by atoms with Crippen LogP contribution in [-0.4, -0.2) is 24.0 Å². The van der Waals surface area contributed by atoms with Gasteiger partial charge in [0.15, 0.2) is 0 Å². The fraction of sp³-hybridized carbons (Fsp3) is 0.562. The summed E-state index contributed by atoms with van der Waals surface area (Å²) in [6.45, 7) is 2.02. The molecule has 120 valence electrons. The van der Waals surface area contributed by atoms with Gasteiger partial charge >= 0.3 is 5.97 Å². The Kier molecular flexibility index (Phi) is 5.35. The average molecular weight is 306 g/mol. The standard InChI is InChI=1S/C16H22N2O4/c1-3-11-4-9-15(18(20)21)14(10-11)17-13-7-5-12(6-8-13)16(19)22-2/h4,9-10,12-13,17H,3,5-8H2,1-2H3/t12-,13+. The summed E-state index contributed by atoms with van der Waals surface area (Å²) in [6.07, 6.45) is 3.97. The molecule has 0 heterocycles. The first kappa shape index (κ1) is 16.3. The Labute approximate surface area is 130 Å². The largest absolute Gasteiger partial charge is 0.469 e. The molecule has 2 rings (SSSR count). The number of methoxy groups -OCH3 is 1. The lowest BCUT2D eigenvalue weighted by Crippen LogP contribution is -2.30. The number of nitrogens with zero attached hydrogens (tertiary/aromatic N) is 1. The Balaban J connectivity index is 2.05. The van der Waals surface area contributed by atoms with Gasteiger partial charge in [0.2, 0.25) is 0 Å². The number of nitrogens with one attached hydrogen (secondary N) is 1. The minimum Gasteiger partial charge on any atom is -0.469 e. The van der Waals surface area contributed by atoms with E-state index in [-0.39, 0.29) is 28.5 Å². The number of hydrogen-bond donors (Lipinski definition) is 1. The van der Waals surface area contributed by atoms with Gasteiger partial charge in [-0.25, -0.2) is 0 Å². The van der Waals surface area contributed by atoms with Crippen molar-refractivity contribution < 1.29 is 14.5 Å². The first-order valence-electron chi connectivity index (χ1n) is 7.66. The van der Waals surface area contributed by atoms with Crippen LogP contribution >= 0.6 is 0 Å². The molecule has 0 spiro atoms. The number of carbonyl (C=O) groups is 1. The summed E-state index contributed by atoms with van der Waals surface area (Å²) in [7, 11) is 1.41. The molecule has 1 fully saturated rings. The van der Waals surface area contributed by atoms with Crippen LogP contribution in [-0.2, 0) is 16.0 Å². The fourth-order valence-corrected chi connectivity index (χ4v) is 2.94. The number of rotatable bonds is 5. The summed E-state index contributed by atoms with van der Waals surface area (Å²) < 4.78 is 4.78. The quantitative estimate of drug-likeness (QED) is 0.513. The van der Waals surface area contributed by atoms with E-state index in [4.69, 9.17) is 4.74 Å². The van der Waals surface area contributed by atoms with Crippen molar-refractivity contribution in [2.75, 3.05) is 12.4 Å². The van der Waals surface area contributed by atoms with Crippen molar-refractivity contribution in [2.24, 2.45) is 5.92 Å².